The zero-order valence-corrected chi connectivity index (χ0v) is 28.5. The monoisotopic (exact) mass is 648 g/mol. The van der Waals surface area contributed by atoms with Gasteiger partial charge in [-0.15, -0.1) is 0 Å². The fourth-order valence-corrected chi connectivity index (χ4v) is 12.1. The predicted molar refractivity (Wildman–Crippen MR) is 167 cm³/mol. The van der Waals surface area contributed by atoms with Gasteiger partial charge in [0.15, 0.2) is 5.78 Å². The molecule has 4 saturated carbocycles. The molecule has 46 heavy (non-hydrogen) atoms. The minimum atomic E-state index is -1.71. The van der Waals surface area contributed by atoms with Crippen molar-refractivity contribution in [2.75, 3.05) is 6.61 Å². The van der Waals surface area contributed by atoms with E-state index < -0.39 is 71.7 Å². The van der Waals surface area contributed by atoms with Crippen molar-refractivity contribution in [1.82, 2.24) is 0 Å². The zero-order valence-electron chi connectivity index (χ0n) is 28.5. The lowest BCUT2D eigenvalue weighted by molar-refractivity contribution is -0.299. The molecule has 0 aromatic rings. The number of aliphatic hydroxyl groups excluding tert-OH is 5. The van der Waals surface area contributed by atoms with E-state index in [1.54, 1.807) is 0 Å². The number of carbonyl (C=O) groups excluding carboxylic acids is 2. The lowest BCUT2D eigenvalue weighted by atomic mass is 9.33. The van der Waals surface area contributed by atoms with Gasteiger partial charge >= 0.3 is 5.97 Å². The number of carbonyl (C=O) groups is 2. The van der Waals surface area contributed by atoms with Gasteiger partial charge < -0.3 is 40.1 Å². The van der Waals surface area contributed by atoms with E-state index in [0.29, 0.717) is 38.5 Å². The van der Waals surface area contributed by atoms with E-state index in [-0.39, 0.29) is 39.8 Å². The molecule has 6 N–H and O–H groups in total. The number of hydrogen-bond acceptors (Lipinski definition) is 10. The maximum Gasteiger partial charge on any atom is 0.315 e. The highest BCUT2D eigenvalue weighted by Gasteiger charge is 2.72. The maximum atomic E-state index is 14.4. The first-order valence-corrected chi connectivity index (χ1v) is 17.4. The van der Waals surface area contributed by atoms with Crippen molar-refractivity contribution in [3.05, 3.63) is 11.6 Å². The number of ether oxygens (including phenoxy) is 2. The number of fused-ring (bicyclic) bond motifs is 7. The Bertz CT molecular complexity index is 1290. The van der Waals surface area contributed by atoms with Gasteiger partial charge in [0.1, 0.15) is 30.5 Å². The number of Topliss-reactive ketones (excluding diaryl/α,β-unsaturated/α-hetero) is 1. The van der Waals surface area contributed by atoms with Crippen molar-refractivity contribution in [2.45, 2.75) is 142 Å². The van der Waals surface area contributed by atoms with Gasteiger partial charge in [-0.2, -0.15) is 0 Å². The van der Waals surface area contributed by atoms with Crippen LogP contribution in [0.25, 0.3) is 0 Å². The smallest absolute Gasteiger partial charge is 0.315 e. The Morgan fingerprint density at radius 3 is 2.26 bits per heavy atom. The molecule has 0 radical (unpaired) electrons. The van der Waals surface area contributed by atoms with Crippen LogP contribution in [-0.2, 0) is 19.1 Å². The second-order valence-corrected chi connectivity index (χ2v) is 17.5. The molecular weight excluding hydrogens is 592 g/mol. The molecule has 1 saturated heterocycles. The minimum Gasteiger partial charge on any atom is -0.432 e. The summed E-state index contributed by atoms with van der Waals surface area (Å²) in [6.07, 6.45) is -1.47. The van der Waals surface area contributed by atoms with E-state index in [0.717, 1.165) is 18.4 Å². The quantitative estimate of drug-likeness (QED) is 0.197. The second kappa shape index (κ2) is 10.8. The van der Waals surface area contributed by atoms with Crippen LogP contribution in [0.5, 0.6) is 0 Å². The summed E-state index contributed by atoms with van der Waals surface area (Å²) in [5, 5.41) is 64.3. The third-order valence-corrected chi connectivity index (χ3v) is 15.3. The molecule has 6 aliphatic rings. The van der Waals surface area contributed by atoms with Gasteiger partial charge in [-0.3, -0.25) is 9.59 Å². The molecular formula is C36H56O10. The van der Waals surface area contributed by atoms with Gasteiger partial charge in [0.25, 0.3) is 0 Å². The highest BCUT2D eigenvalue weighted by Crippen LogP contribution is 2.76. The van der Waals surface area contributed by atoms with Gasteiger partial charge in [0.2, 0.25) is 6.29 Å². The summed E-state index contributed by atoms with van der Waals surface area (Å²) in [6, 6.07) is 0. The van der Waals surface area contributed by atoms with Crippen LogP contribution in [0, 0.1) is 50.7 Å². The molecule has 5 fully saturated rings. The van der Waals surface area contributed by atoms with Crippen LogP contribution in [-0.4, -0.2) is 91.4 Å². The molecule has 1 heterocycles. The van der Waals surface area contributed by atoms with Crippen molar-refractivity contribution in [2.24, 2.45) is 50.7 Å². The topological polar surface area (TPSA) is 174 Å². The minimum absolute atomic E-state index is 0.0874. The van der Waals surface area contributed by atoms with E-state index in [2.05, 4.69) is 26.8 Å². The number of allylic oxidation sites excluding steroid dienone is 1. The average Bonchev–Trinajstić information content (AvgIpc) is 2.98. The first kappa shape index (κ1) is 34.5. The van der Waals surface area contributed by atoms with Crippen LogP contribution < -0.4 is 0 Å². The Kier molecular flexibility index (Phi) is 8.09. The summed E-state index contributed by atoms with van der Waals surface area (Å²) in [7, 11) is 0. The molecule has 0 amide bonds. The standard InChI is InChI=1S/C36H56O10/c1-18-10-13-36(30(43)46-29-26(41)25(40)24(39)21(17-37)45-29)15-14-33(5)19(27(36)35(18,7)44)8-9-23-32(4)16-20(38)28(42)31(2,3)22(32)11-12-34(23,33)6/h8,18,21-29,37,39-42,44H,9-17H2,1-7H3/t18-,21-,22+,23-,24-,25+,26-,27-,28?,29+,32+,33-,34-,35-,36+/m1/s1. The predicted octanol–water partition coefficient (Wildman–Crippen LogP) is 2.64. The van der Waals surface area contributed by atoms with Crippen LogP contribution in [0.4, 0.5) is 0 Å². The number of rotatable bonds is 3. The van der Waals surface area contributed by atoms with Gasteiger partial charge in [-0.1, -0.05) is 53.2 Å². The van der Waals surface area contributed by atoms with Crippen molar-refractivity contribution >= 4 is 11.8 Å². The molecule has 6 rings (SSSR count). The van der Waals surface area contributed by atoms with E-state index in [1.807, 2.05) is 27.7 Å². The van der Waals surface area contributed by atoms with Crippen molar-refractivity contribution in [3.63, 3.8) is 0 Å². The maximum absolute atomic E-state index is 14.4. The van der Waals surface area contributed by atoms with Crippen LogP contribution in [0.1, 0.15) is 99.8 Å². The molecule has 15 atom stereocenters. The van der Waals surface area contributed by atoms with Crippen molar-refractivity contribution in [1.29, 1.82) is 0 Å². The van der Waals surface area contributed by atoms with Gasteiger partial charge in [0.05, 0.1) is 17.6 Å². The number of ketones is 1. The molecule has 10 nitrogen and oxygen atoms in total. The molecule has 0 aromatic carbocycles. The summed E-state index contributed by atoms with van der Waals surface area (Å²) < 4.78 is 11.4. The van der Waals surface area contributed by atoms with E-state index in [9.17, 15) is 40.2 Å². The first-order valence-electron chi connectivity index (χ1n) is 17.4. The Labute approximate surface area is 272 Å². The zero-order chi connectivity index (χ0) is 34.0. The summed E-state index contributed by atoms with van der Waals surface area (Å²) >= 11 is 0. The fraction of sp³-hybridized carbons (Fsp3) is 0.889. The first-order chi connectivity index (χ1) is 21.2. The molecule has 0 spiro atoms. The van der Waals surface area contributed by atoms with Crippen LogP contribution in [0.15, 0.2) is 11.6 Å². The van der Waals surface area contributed by atoms with Gasteiger partial charge in [-0.25, -0.2) is 0 Å². The molecule has 260 valence electrons. The molecule has 1 unspecified atom stereocenters. The van der Waals surface area contributed by atoms with E-state index in [4.69, 9.17) is 9.47 Å². The van der Waals surface area contributed by atoms with E-state index >= 15 is 0 Å². The average molecular weight is 649 g/mol. The summed E-state index contributed by atoms with van der Waals surface area (Å²) in [6.45, 7) is 14.1. The van der Waals surface area contributed by atoms with Gasteiger partial charge in [0, 0.05) is 17.8 Å². The number of hydrogen-bond donors (Lipinski definition) is 6. The Hall–Kier alpha value is -1.40. The third-order valence-electron chi connectivity index (χ3n) is 15.3. The largest absolute Gasteiger partial charge is 0.432 e. The van der Waals surface area contributed by atoms with Crippen LogP contribution in [0.2, 0.25) is 0 Å². The van der Waals surface area contributed by atoms with Gasteiger partial charge in [-0.05, 0) is 85.9 Å². The van der Waals surface area contributed by atoms with E-state index in [1.165, 1.54) is 0 Å². The lowest BCUT2D eigenvalue weighted by Gasteiger charge is -2.71. The molecule has 0 bridgehead atoms. The molecule has 5 aliphatic carbocycles. The Morgan fingerprint density at radius 2 is 1.61 bits per heavy atom. The second-order valence-electron chi connectivity index (χ2n) is 17.5. The van der Waals surface area contributed by atoms with Crippen molar-refractivity contribution < 1.29 is 49.7 Å². The van der Waals surface area contributed by atoms with Crippen LogP contribution >= 0.6 is 0 Å². The summed E-state index contributed by atoms with van der Waals surface area (Å²) in [4.78, 5) is 27.7. The Balaban J connectivity index is 1.40. The number of esters is 1. The fourth-order valence-electron chi connectivity index (χ4n) is 12.1. The molecule has 0 aromatic heterocycles. The molecule has 10 heteroatoms. The van der Waals surface area contributed by atoms with Crippen molar-refractivity contribution in [3.8, 4) is 0 Å². The normalized spacial score (nSPS) is 54.8. The lowest BCUT2D eigenvalue weighted by Crippen LogP contribution is -2.69. The Morgan fingerprint density at radius 1 is 0.935 bits per heavy atom. The number of aliphatic hydroxyl groups is 6. The summed E-state index contributed by atoms with van der Waals surface area (Å²) in [5.41, 5.74) is -2.76. The molecule has 1 aliphatic heterocycles. The van der Waals surface area contributed by atoms with Crippen LogP contribution in [0.3, 0.4) is 0 Å². The highest BCUT2D eigenvalue weighted by molar-refractivity contribution is 5.85. The highest BCUT2D eigenvalue weighted by atomic mass is 16.7. The summed E-state index contributed by atoms with van der Waals surface area (Å²) in [5.74, 6) is -1.04. The SMILES string of the molecule is C[C@@H]1CC[C@]2(C(=O)O[C@@H]3O[C@H](CO)[C@@H](O)[C@H](O)[C@H]3O)CC[C@]3(C)C(=CC[C@@H]4[C@@]5(C)CC(=O)C(O)C(C)(C)[C@@H]5CC[C@]43C)[C@@H]2[C@]1(C)O. The third kappa shape index (κ3) is 4.32.